The molecule has 5 nitrogen and oxygen atoms in total. The summed E-state index contributed by atoms with van der Waals surface area (Å²) in [5.74, 6) is -0.585. The van der Waals surface area contributed by atoms with Crippen LogP contribution in [0.1, 0.15) is 19.5 Å². The summed E-state index contributed by atoms with van der Waals surface area (Å²) < 4.78 is 4.96. The van der Waals surface area contributed by atoms with Crippen LogP contribution in [0.15, 0.2) is 17.8 Å². The molecule has 0 fully saturated rings. The lowest BCUT2D eigenvalue weighted by Gasteiger charge is -2.19. The van der Waals surface area contributed by atoms with E-state index in [4.69, 9.17) is 4.74 Å². The number of nitriles is 1. The Morgan fingerprint density at radius 2 is 2.39 bits per heavy atom. The van der Waals surface area contributed by atoms with Gasteiger partial charge in [-0.15, -0.1) is 11.3 Å². The summed E-state index contributed by atoms with van der Waals surface area (Å²) in [6.07, 6.45) is 1.36. The van der Waals surface area contributed by atoms with E-state index < -0.39 is 11.4 Å². The van der Waals surface area contributed by atoms with E-state index in [2.05, 4.69) is 9.97 Å². The molecule has 6 heteroatoms. The van der Waals surface area contributed by atoms with Gasteiger partial charge in [0.05, 0.1) is 18.4 Å². The molecule has 0 amide bonds. The molecule has 2 rings (SSSR count). The zero-order chi connectivity index (χ0) is 13.2. The number of fused-ring (bicyclic) bond motifs is 1. The number of esters is 1. The molecular formula is C12H11N3O2S. The molecule has 0 spiro atoms. The van der Waals surface area contributed by atoms with Gasteiger partial charge in [-0.2, -0.15) is 5.26 Å². The highest BCUT2D eigenvalue weighted by molar-refractivity contribution is 7.16. The Labute approximate surface area is 108 Å². The van der Waals surface area contributed by atoms with E-state index in [1.54, 1.807) is 6.92 Å². The van der Waals surface area contributed by atoms with Gasteiger partial charge in [0, 0.05) is 5.39 Å². The summed E-state index contributed by atoms with van der Waals surface area (Å²) in [4.78, 5) is 20.9. The maximum absolute atomic E-state index is 12.0. The molecule has 92 valence electrons. The van der Waals surface area contributed by atoms with E-state index in [0.717, 1.165) is 10.2 Å². The Kier molecular flexibility index (Phi) is 3.26. The van der Waals surface area contributed by atoms with E-state index in [0.29, 0.717) is 5.69 Å². The fourth-order valence-electron chi connectivity index (χ4n) is 1.66. The van der Waals surface area contributed by atoms with E-state index in [9.17, 15) is 10.1 Å². The van der Waals surface area contributed by atoms with Gasteiger partial charge in [0.15, 0.2) is 5.41 Å². The van der Waals surface area contributed by atoms with Crippen molar-refractivity contribution in [3.8, 4) is 6.07 Å². The third-order valence-electron chi connectivity index (χ3n) is 2.64. The molecule has 0 aromatic carbocycles. The van der Waals surface area contributed by atoms with Crippen molar-refractivity contribution < 1.29 is 9.53 Å². The first kappa shape index (κ1) is 12.5. The Bertz CT molecular complexity index is 632. The molecule has 2 aromatic heterocycles. The van der Waals surface area contributed by atoms with Crippen LogP contribution < -0.4 is 0 Å². The van der Waals surface area contributed by atoms with Crippen molar-refractivity contribution >= 4 is 27.5 Å². The summed E-state index contributed by atoms with van der Waals surface area (Å²) >= 11 is 1.44. The van der Waals surface area contributed by atoms with Crippen molar-refractivity contribution in [1.29, 1.82) is 5.26 Å². The quantitative estimate of drug-likeness (QED) is 0.790. The summed E-state index contributed by atoms with van der Waals surface area (Å²) in [7, 11) is 0. The number of carbonyl (C=O) groups excluding carboxylic acids is 1. The highest BCUT2D eigenvalue weighted by Crippen LogP contribution is 2.30. The first-order valence-electron chi connectivity index (χ1n) is 5.40. The number of hydrogen-bond donors (Lipinski definition) is 0. The zero-order valence-corrected chi connectivity index (χ0v) is 10.8. The van der Waals surface area contributed by atoms with E-state index in [-0.39, 0.29) is 6.61 Å². The first-order valence-corrected chi connectivity index (χ1v) is 6.28. The van der Waals surface area contributed by atoms with Crippen molar-refractivity contribution in [2.75, 3.05) is 6.61 Å². The third kappa shape index (κ3) is 1.83. The molecule has 0 bridgehead atoms. The fourth-order valence-corrected chi connectivity index (χ4v) is 2.39. The van der Waals surface area contributed by atoms with Gasteiger partial charge in [0.1, 0.15) is 11.2 Å². The Hall–Kier alpha value is -2.00. The smallest absolute Gasteiger partial charge is 0.332 e. The van der Waals surface area contributed by atoms with Crippen LogP contribution in [0.3, 0.4) is 0 Å². The number of carbonyl (C=O) groups is 1. The number of hydrogen-bond acceptors (Lipinski definition) is 6. The van der Waals surface area contributed by atoms with Crippen molar-refractivity contribution in [2.24, 2.45) is 0 Å². The molecule has 2 heterocycles. The monoisotopic (exact) mass is 261 g/mol. The molecule has 18 heavy (non-hydrogen) atoms. The average Bonchev–Trinajstić information content (AvgIpc) is 2.86. The molecule has 0 aliphatic carbocycles. The highest BCUT2D eigenvalue weighted by Gasteiger charge is 2.40. The second-order valence-electron chi connectivity index (χ2n) is 3.82. The van der Waals surface area contributed by atoms with Crippen molar-refractivity contribution in [1.82, 2.24) is 9.97 Å². The molecule has 0 radical (unpaired) electrons. The van der Waals surface area contributed by atoms with Crippen molar-refractivity contribution in [2.45, 2.75) is 19.3 Å². The Balaban J connectivity index is 2.60. The molecule has 0 saturated carbocycles. The summed E-state index contributed by atoms with van der Waals surface area (Å²) in [5, 5.41) is 11.9. The largest absolute Gasteiger partial charge is 0.465 e. The van der Waals surface area contributed by atoms with Gasteiger partial charge < -0.3 is 4.74 Å². The van der Waals surface area contributed by atoms with Crippen LogP contribution in [0.25, 0.3) is 10.2 Å². The van der Waals surface area contributed by atoms with E-state index in [1.807, 2.05) is 17.5 Å². The summed E-state index contributed by atoms with van der Waals surface area (Å²) in [6.45, 7) is 3.45. The minimum Gasteiger partial charge on any atom is -0.465 e. The first-order chi connectivity index (χ1) is 8.63. The third-order valence-corrected chi connectivity index (χ3v) is 3.46. The van der Waals surface area contributed by atoms with Gasteiger partial charge >= 0.3 is 5.97 Å². The normalized spacial score (nSPS) is 13.8. The van der Waals surface area contributed by atoms with E-state index >= 15 is 0 Å². The standard InChI is InChI=1S/C12H11N3O2S/c1-3-17-11(16)12(2,6-13)9-8-4-5-18-10(8)15-7-14-9/h4-5,7H,3H2,1-2H3. The number of thiophene rings is 1. The maximum Gasteiger partial charge on any atom is 0.332 e. The lowest BCUT2D eigenvalue weighted by Crippen LogP contribution is -2.34. The van der Waals surface area contributed by atoms with E-state index in [1.165, 1.54) is 24.6 Å². The number of nitrogens with zero attached hydrogens (tertiary/aromatic N) is 3. The van der Waals surface area contributed by atoms with Gasteiger partial charge in [-0.05, 0) is 25.3 Å². The number of rotatable bonds is 3. The summed E-state index contributed by atoms with van der Waals surface area (Å²) in [6, 6.07) is 3.81. The topological polar surface area (TPSA) is 75.9 Å². The zero-order valence-electron chi connectivity index (χ0n) is 10.0. The van der Waals surface area contributed by atoms with Gasteiger partial charge in [0.25, 0.3) is 0 Å². The van der Waals surface area contributed by atoms with Crippen LogP contribution in [-0.4, -0.2) is 22.5 Å². The molecule has 0 N–H and O–H groups in total. The van der Waals surface area contributed by atoms with Crippen LogP contribution in [0.2, 0.25) is 0 Å². The van der Waals surface area contributed by atoms with Crippen LogP contribution in [0, 0.1) is 11.3 Å². The lowest BCUT2D eigenvalue weighted by atomic mass is 9.87. The molecule has 0 aliphatic heterocycles. The van der Waals surface area contributed by atoms with Gasteiger partial charge in [-0.1, -0.05) is 0 Å². The molecule has 0 saturated heterocycles. The lowest BCUT2D eigenvalue weighted by molar-refractivity contribution is -0.147. The predicted molar refractivity (Wildman–Crippen MR) is 67.0 cm³/mol. The SMILES string of the molecule is CCOC(=O)C(C)(C#N)c1ncnc2sccc12. The number of ether oxygens (including phenoxy) is 1. The Morgan fingerprint density at radius 1 is 1.61 bits per heavy atom. The van der Waals surface area contributed by atoms with Gasteiger partial charge in [-0.3, -0.25) is 0 Å². The van der Waals surface area contributed by atoms with Crippen LogP contribution in [0.4, 0.5) is 0 Å². The highest BCUT2D eigenvalue weighted by atomic mass is 32.1. The molecule has 2 aromatic rings. The van der Waals surface area contributed by atoms with Gasteiger partial charge in [-0.25, -0.2) is 14.8 Å². The second-order valence-corrected chi connectivity index (χ2v) is 4.71. The average molecular weight is 261 g/mol. The van der Waals surface area contributed by atoms with Crippen LogP contribution in [0.5, 0.6) is 0 Å². The minimum absolute atomic E-state index is 0.230. The molecule has 1 atom stereocenters. The predicted octanol–water partition coefficient (Wildman–Crippen LogP) is 2.04. The van der Waals surface area contributed by atoms with Crippen molar-refractivity contribution in [3.63, 3.8) is 0 Å². The van der Waals surface area contributed by atoms with Crippen LogP contribution in [-0.2, 0) is 14.9 Å². The molecule has 0 aliphatic rings. The fraction of sp³-hybridized carbons (Fsp3) is 0.333. The van der Waals surface area contributed by atoms with Crippen LogP contribution >= 0.6 is 11.3 Å². The van der Waals surface area contributed by atoms with Crippen molar-refractivity contribution in [3.05, 3.63) is 23.5 Å². The molecular weight excluding hydrogens is 250 g/mol. The number of aromatic nitrogens is 2. The maximum atomic E-state index is 12.0. The molecule has 1 unspecified atom stereocenters. The second kappa shape index (κ2) is 4.70. The minimum atomic E-state index is -1.40. The summed E-state index contributed by atoms with van der Waals surface area (Å²) in [5.41, 5.74) is -1.01. The Morgan fingerprint density at radius 3 is 3.06 bits per heavy atom. The van der Waals surface area contributed by atoms with Gasteiger partial charge in [0.2, 0.25) is 0 Å².